The van der Waals surface area contributed by atoms with E-state index in [1.807, 2.05) is 0 Å². The number of hydrogen-bond acceptors (Lipinski definition) is 3. The molecule has 1 aromatic carbocycles. The third kappa shape index (κ3) is 3.59. The minimum Gasteiger partial charge on any atom is -0.481 e. The van der Waals surface area contributed by atoms with Gasteiger partial charge in [0, 0.05) is 30.3 Å². The van der Waals surface area contributed by atoms with Crippen molar-refractivity contribution in [2.45, 2.75) is 32.1 Å². The number of piperidine rings is 1. The van der Waals surface area contributed by atoms with E-state index in [0.717, 1.165) is 18.0 Å². The van der Waals surface area contributed by atoms with Crippen molar-refractivity contribution in [2.24, 2.45) is 23.7 Å². The van der Waals surface area contributed by atoms with E-state index in [2.05, 4.69) is 5.32 Å². The Labute approximate surface area is 152 Å². The SMILES string of the molecule is O=C(O)C1CCN(C(=O)c2ccc(NC(=O)C3CC3C3CC3)cc2)CC1. The molecule has 0 radical (unpaired) electrons. The first-order valence-corrected chi connectivity index (χ1v) is 9.46. The Balaban J connectivity index is 1.30. The van der Waals surface area contributed by atoms with Gasteiger partial charge < -0.3 is 15.3 Å². The summed E-state index contributed by atoms with van der Waals surface area (Å²) in [5.41, 5.74) is 1.29. The van der Waals surface area contributed by atoms with Gasteiger partial charge in [0.25, 0.3) is 5.91 Å². The summed E-state index contributed by atoms with van der Waals surface area (Å²) in [6.45, 7) is 0.942. The molecule has 3 aliphatic rings. The number of carbonyl (C=O) groups excluding carboxylic acids is 2. The van der Waals surface area contributed by atoms with E-state index in [9.17, 15) is 14.4 Å². The number of carboxylic acids is 1. The van der Waals surface area contributed by atoms with Crippen LogP contribution in [0.1, 0.15) is 42.5 Å². The zero-order valence-corrected chi connectivity index (χ0v) is 14.7. The van der Waals surface area contributed by atoms with Crippen molar-refractivity contribution in [3.63, 3.8) is 0 Å². The van der Waals surface area contributed by atoms with E-state index in [1.54, 1.807) is 29.2 Å². The summed E-state index contributed by atoms with van der Waals surface area (Å²) in [4.78, 5) is 37.5. The van der Waals surface area contributed by atoms with E-state index < -0.39 is 5.97 Å². The Kier molecular flexibility index (Phi) is 4.42. The van der Waals surface area contributed by atoms with Crippen LogP contribution in [0.5, 0.6) is 0 Å². The second-order valence-electron chi connectivity index (χ2n) is 7.81. The number of nitrogens with one attached hydrogen (secondary N) is 1. The molecule has 2 atom stereocenters. The lowest BCUT2D eigenvalue weighted by Crippen LogP contribution is -2.40. The molecule has 1 heterocycles. The van der Waals surface area contributed by atoms with Crippen LogP contribution in [-0.2, 0) is 9.59 Å². The molecule has 1 saturated heterocycles. The number of likely N-dealkylation sites (tertiary alicyclic amines) is 1. The fraction of sp³-hybridized carbons (Fsp3) is 0.550. The summed E-state index contributed by atoms with van der Waals surface area (Å²) in [6.07, 6.45) is 4.56. The first-order chi connectivity index (χ1) is 12.5. The molecule has 6 heteroatoms. The van der Waals surface area contributed by atoms with E-state index in [0.29, 0.717) is 37.4 Å². The van der Waals surface area contributed by atoms with Crippen LogP contribution in [0.25, 0.3) is 0 Å². The van der Waals surface area contributed by atoms with Crippen LogP contribution in [0, 0.1) is 23.7 Å². The number of rotatable bonds is 5. The van der Waals surface area contributed by atoms with Crippen LogP contribution >= 0.6 is 0 Å². The van der Waals surface area contributed by atoms with Crippen molar-refractivity contribution >= 4 is 23.5 Å². The van der Waals surface area contributed by atoms with Crippen molar-refractivity contribution < 1.29 is 19.5 Å². The summed E-state index contributed by atoms with van der Waals surface area (Å²) in [7, 11) is 0. The van der Waals surface area contributed by atoms with Gasteiger partial charge >= 0.3 is 5.97 Å². The maximum absolute atomic E-state index is 12.5. The van der Waals surface area contributed by atoms with Gasteiger partial charge in [-0.2, -0.15) is 0 Å². The van der Waals surface area contributed by atoms with Gasteiger partial charge in [0.1, 0.15) is 0 Å². The van der Waals surface area contributed by atoms with E-state index in [4.69, 9.17) is 5.11 Å². The molecule has 2 amide bonds. The van der Waals surface area contributed by atoms with Crippen molar-refractivity contribution in [3.05, 3.63) is 29.8 Å². The number of carboxylic acid groups (broad SMARTS) is 1. The van der Waals surface area contributed by atoms with Gasteiger partial charge in [-0.25, -0.2) is 0 Å². The molecule has 2 N–H and O–H groups in total. The number of benzene rings is 1. The molecular formula is C20H24N2O4. The zero-order valence-electron chi connectivity index (χ0n) is 14.7. The van der Waals surface area contributed by atoms with Crippen LogP contribution in [0.3, 0.4) is 0 Å². The molecule has 1 aliphatic heterocycles. The Morgan fingerprint density at radius 2 is 1.65 bits per heavy atom. The lowest BCUT2D eigenvalue weighted by molar-refractivity contribution is -0.143. The standard InChI is InChI=1S/C20H24N2O4/c23-18(17-11-16(17)12-1-2-12)21-15-5-3-13(4-6-15)19(24)22-9-7-14(8-10-22)20(25)26/h3-6,12,14,16-17H,1-2,7-11H2,(H,21,23)(H,25,26). The molecule has 6 nitrogen and oxygen atoms in total. The maximum atomic E-state index is 12.5. The molecule has 1 aromatic rings. The van der Waals surface area contributed by atoms with E-state index in [1.165, 1.54) is 12.8 Å². The fourth-order valence-electron chi connectivity index (χ4n) is 4.00. The highest BCUT2D eigenvalue weighted by molar-refractivity contribution is 5.97. The van der Waals surface area contributed by atoms with Gasteiger partial charge in [0.05, 0.1) is 5.92 Å². The number of carbonyl (C=O) groups is 3. The van der Waals surface area contributed by atoms with Gasteiger partial charge in [0.2, 0.25) is 5.91 Å². The van der Waals surface area contributed by atoms with Gasteiger partial charge in [-0.3, -0.25) is 14.4 Å². The second-order valence-corrected chi connectivity index (χ2v) is 7.81. The molecule has 2 aliphatic carbocycles. The first kappa shape index (κ1) is 17.1. The average Bonchev–Trinajstić information content (AvgIpc) is 3.54. The average molecular weight is 356 g/mol. The molecule has 26 heavy (non-hydrogen) atoms. The number of nitrogens with zero attached hydrogens (tertiary/aromatic N) is 1. The highest BCUT2D eigenvalue weighted by atomic mass is 16.4. The summed E-state index contributed by atoms with van der Waals surface area (Å²) in [6, 6.07) is 6.99. The van der Waals surface area contributed by atoms with Gasteiger partial charge in [-0.1, -0.05) is 0 Å². The summed E-state index contributed by atoms with van der Waals surface area (Å²) in [5, 5.41) is 12.0. The Bertz CT molecular complexity index is 718. The van der Waals surface area contributed by atoms with Crippen LogP contribution in [0.15, 0.2) is 24.3 Å². The Hall–Kier alpha value is -2.37. The number of amides is 2. The summed E-state index contributed by atoms with van der Waals surface area (Å²) in [5.74, 6) is 0.412. The van der Waals surface area contributed by atoms with Crippen molar-refractivity contribution in [3.8, 4) is 0 Å². The molecule has 138 valence electrons. The Morgan fingerprint density at radius 3 is 2.23 bits per heavy atom. The maximum Gasteiger partial charge on any atom is 0.306 e. The van der Waals surface area contributed by atoms with Gasteiger partial charge in [0.15, 0.2) is 0 Å². The third-order valence-corrected chi connectivity index (χ3v) is 5.93. The molecule has 4 rings (SSSR count). The van der Waals surface area contributed by atoms with E-state index >= 15 is 0 Å². The summed E-state index contributed by atoms with van der Waals surface area (Å²) < 4.78 is 0. The van der Waals surface area contributed by atoms with Gasteiger partial charge in [-0.15, -0.1) is 0 Å². The molecular weight excluding hydrogens is 332 g/mol. The van der Waals surface area contributed by atoms with Gasteiger partial charge in [-0.05, 0) is 68.2 Å². The van der Waals surface area contributed by atoms with Crippen molar-refractivity contribution in [2.75, 3.05) is 18.4 Å². The lowest BCUT2D eigenvalue weighted by atomic mass is 9.96. The van der Waals surface area contributed by atoms with Crippen LogP contribution < -0.4 is 5.32 Å². The normalized spacial score (nSPS) is 25.6. The van der Waals surface area contributed by atoms with Crippen LogP contribution in [-0.4, -0.2) is 40.9 Å². The third-order valence-electron chi connectivity index (χ3n) is 5.93. The smallest absolute Gasteiger partial charge is 0.306 e. The molecule has 0 spiro atoms. The van der Waals surface area contributed by atoms with Crippen LogP contribution in [0.2, 0.25) is 0 Å². The number of hydrogen-bond donors (Lipinski definition) is 2. The molecule has 0 aromatic heterocycles. The van der Waals surface area contributed by atoms with Crippen molar-refractivity contribution in [1.82, 2.24) is 4.90 Å². The first-order valence-electron chi connectivity index (χ1n) is 9.46. The lowest BCUT2D eigenvalue weighted by Gasteiger charge is -2.30. The second kappa shape index (κ2) is 6.74. The monoisotopic (exact) mass is 356 g/mol. The zero-order chi connectivity index (χ0) is 18.3. The largest absolute Gasteiger partial charge is 0.481 e. The fourth-order valence-corrected chi connectivity index (χ4v) is 4.00. The van der Waals surface area contributed by atoms with Crippen LogP contribution in [0.4, 0.5) is 5.69 Å². The topological polar surface area (TPSA) is 86.7 Å². The summed E-state index contributed by atoms with van der Waals surface area (Å²) >= 11 is 0. The predicted molar refractivity (Wildman–Crippen MR) is 95.7 cm³/mol. The minimum atomic E-state index is -0.781. The molecule has 3 fully saturated rings. The highest BCUT2D eigenvalue weighted by Gasteiger charge is 2.51. The number of aliphatic carboxylic acids is 1. The molecule has 2 unspecified atom stereocenters. The minimum absolute atomic E-state index is 0.0808. The predicted octanol–water partition coefficient (Wildman–Crippen LogP) is 2.61. The molecule has 0 bridgehead atoms. The molecule has 2 saturated carbocycles. The van der Waals surface area contributed by atoms with E-state index in [-0.39, 0.29) is 23.7 Å². The van der Waals surface area contributed by atoms with Crippen molar-refractivity contribution in [1.29, 1.82) is 0 Å². The Morgan fingerprint density at radius 1 is 1.00 bits per heavy atom. The number of anilines is 1. The highest BCUT2D eigenvalue weighted by Crippen LogP contribution is 2.54. The quantitative estimate of drug-likeness (QED) is 0.849.